The van der Waals surface area contributed by atoms with Crippen LogP contribution in [0.1, 0.15) is 17.0 Å². The third kappa shape index (κ3) is 3.49. The lowest BCUT2D eigenvalue weighted by Crippen LogP contribution is -2.35. The van der Waals surface area contributed by atoms with Crippen molar-refractivity contribution in [3.8, 4) is 11.4 Å². The molecule has 4 rings (SSSR count). The summed E-state index contributed by atoms with van der Waals surface area (Å²) in [6.45, 7) is 2.12. The van der Waals surface area contributed by atoms with E-state index in [9.17, 15) is 4.79 Å². The van der Waals surface area contributed by atoms with Crippen molar-refractivity contribution in [3.63, 3.8) is 0 Å². The first-order valence-electron chi connectivity index (χ1n) is 7.89. The molecule has 3 aromatic heterocycles. The van der Waals surface area contributed by atoms with Crippen molar-refractivity contribution < 1.29 is 0 Å². The lowest BCUT2D eigenvalue weighted by atomic mass is 10.1. The van der Waals surface area contributed by atoms with Gasteiger partial charge in [-0.05, 0) is 28.1 Å². The predicted octanol–water partition coefficient (Wildman–Crippen LogP) is 1.94. The molecular formula is C17H15BrN6O. The maximum atomic E-state index is 12.5. The number of pyridine rings is 1. The van der Waals surface area contributed by atoms with Crippen LogP contribution in [-0.4, -0.2) is 36.4 Å². The molecule has 126 valence electrons. The van der Waals surface area contributed by atoms with Crippen LogP contribution in [0.25, 0.3) is 11.4 Å². The summed E-state index contributed by atoms with van der Waals surface area (Å²) < 4.78 is 0.957. The average molecular weight is 399 g/mol. The Morgan fingerprint density at radius 3 is 2.80 bits per heavy atom. The molecule has 0 unspecified atom stereocenters. The van der Waals surface area contributed by atoms with E-state index in [4.69, 9.17) is 0 Å². The smallest absolute Gasteiger partial charge is 0.255 e. The van der Waals surface area contributed by atoms with Gasteiger partial charge in [-0.3, -0.25) is 14.7 Å². The fourth-order valence-corrected chi connectivity index (χ4v) is 3.14. The van der Waals surface area contributed by atoms with Crippen LogP contribution < -0.4 is 5.56 Å². The predicted molar refractivity (Wildman–Crippen MR) is 95.6 cm³/mol. The van der Waals surface area contributed by atoms with Crippen LogP contribution in [-0.2, 0) is 19.5 Å². The van der Waals surface area contributed by atoms with Crippen LogP contribution >= 0.6 is 15.9 Å². The summed E-state index contributed by atoms with van der Waals surface area (Å²) >= 11 is 3.39. The van der Waals surface area contributed by atoms with Crippen molar-refractivity contribution in [1.29, 1.82) is 0 Å². The topological polar surface area (TPSA) is 87.7 Å². The third-order valence-corrected chi connectivity index (χ3v) is 4.63. The summed E-state index contributed by atoms with van der Waals surface area (Å²) in [7, 11) is 0. The summed E-state index contributed by atoms with van der Waals surface area (Å²) in [5.74, 6) is 0.521. The zero-order chi connectivity index (χ0) is 17.2. The molecule has 0 spiro atoms. The monoisotopic (exact) mass is 398 g/mol. The first-order chi connectivity index (χ1) is 12.2. The van der Waals surface area contributed by atoms with E-state index in [0.29, 0.717) is 24.5 Å². The molecule has 0 saturated heterocycles. The highest BCUT2D eigenvalue weighted by Crippen LogP contribution is 2.19. The normalized spacial score (nSPS) is 14.3. The standard InChI is InChI=1S/C17H15BrN6O/c18-12-1-2-13(21-7-12)8-24-4-3-15-14(9-24)17(25)23-16(22-15)11-5-19-10-20-6-11/h1-2,5-7,10H,3-4,8-9H2,(H,22,23,25). The number of hydrogen-bond donors (Lipinski definition) is 1. The second-order valence-corrected chi connectivity index (χ2v) is 6.81. The minimum Gasteiger partial charge on any atom is -0.306 e. The molecule has 0 atom stereocenters. The number of hydrogen-bond acceptors (Lipinski definition) is 6. The quantitative estimate of drug-likeness (QED) is 0.725. The Balaban J connectivity index is 1.57. The van der Waals surface area contributed by atoms with Crippen molar-refractivity contribution in [3.05, 3.63) is 68.8 Å². The summed E-state index contributed by atoms with van der Waals surface area (Å²) in [4.78, 5) is 34.5. The van der Waals surface area contributed by atoms with Crippen molar-refractivity contribution >= 4 is 15.9 Å². The fourth-order valence-electron chi connectivity index (χ4n) is 2.90. The Kier molecular flexibility index (Phi) is 4.37. The molecule has 0 amide bonds. The van der Waals surface area contributed by atoms with E-state index in [1.807, 2.05) is 12.1 Å². The molecule has 7 nitrogen and oxygen atoms in total. The molecule has 25 heavy (non-hydrogen) atoms. The number of nitrogens with one attached hydrogen (secondary N) is 1. The average Bonchev–Trinajstić information content (AvgIpc) is 2.65. The molecule has 8 heteroatoms. The van der Waals surface area contributed by atoms with Crippen LogP contribution in [0.3, 0.4) is 0 Å². The second-order valence-electron chi connectivity index (χ2n) is 5.90. The van der Waals surface area contributed by atoms with Crippen LogP contribution in [0.5, 0.6) is 0 Å². The van der Waals surface area contributed by atoms with Crippen molar-refractivity contribution in [2.24, 2.45) is 0 Å². The van der Waals surface area contributed by atoms with Gasteiger partial charge in [0.1, 0.15) is 12.2 Å². The van der Waals surface area contributed by atoms with Crippen molar-refractivity contribution in [1.82, 2.24) is 29.8 Å². The zero-order valence-corrected chi connectivity index (χ0v) is 14.9. The molecule has 0 radical (unpaired) electrons. The van der Waals surface area contributed by atoms with Gasteiger partial charge in [0.15, 0.2) is 0 Å². The number of aromatic amines is 1. The first-order valence-corrected chi connectivity index (χ1v) is 8.68. The molecule has 1 aliphatic rings. The van der Waals surface area contributed by atoms with E-state index in [2.05, 4.69) is 45.7 Å². The van der Waals surface area contributed by atoms with Crippen LogP contribution in [0.4, 0.5) is 0 Å². The fraction of sp³-hybridized carbons (Fsp3) is 0.235. The van der Waals surface area contributed by atoms with Gasteiger partial charge in [-0.15, -0.1) is 0 Å². The minimum absolute atomic E-state index is 0.0997. The van der Waals surface area contributed by atoms with Gasteiger partial charge >= 0.3 is 0 Å². The van der Waals surface area contributed by atoms with Crippen molar-refractivity contribution in [2.45, 2.75) is 19.5 Å². The SMILES string of the molecule is O=c1[nH]c(-c2cncnc2)nc2c1CN(Cc1ccc(Br)cn1)CC2. The molecule has 0 fully saturated rings. The van der Waals surface area contributed by atoms with E-state index in [1.165, 1.54) is 6.33 Å². The van der Waals surface area contributed by atoms with Gasteiger partial charge in [-0.2, -0.15) is 0 Å². The Morgan fingerprint density at radius 1 is 1.20 bits per heavy atom. The number of nitrogens with zero attached hydrogens (tertiary/aromatic N) is 5. The van der Waals surface area contributed by atoms with Gasteiger partial charge in [0.25, 0.3) is 5.56 Å². The summed E-state index contributed by atoms with van der Waals surface area (Å²) in [5, 5.41) is 0. The van der Waals surface area contributed by atoms with E-state index in [1.54, 1.807) is 18.6 Å². The number of H-pyrrole nitrogens is 1. The van der Waals surface area contributed by atoms with E-state index < -0.39 is 0 Å². The second kappa shape index (κ2) is 6.81. The Bertz CT molecular complexity index is 942. The van der Waals surface area contributed by atoms with Gasteiger partial charge in [0.05, 0.1) is 22.5 Å². The van der Waals surface area contributed by atoms with E-state index in [0.717, 1.165) is 34.4 Å². The summed E-state index contributed by atoms with van der Waals surface area (Å²) in [6.07, 6.45) is 7.26. The Morgan fingerprint density at radius 2 is 2.04 bits per heavy atom. The molecule has 0 bridgehead atoms. The van der Waals surface area contributed by atoms with Gasteiger partial charge in [-0.25, -0.2) is 15.0 Å². The molecule has 3 aromatic rings. The molecule has 0 aliphatic carbocycles. The maximum absolute atomic E-state index is 12.5. The van der Waals surface area contributed by atoms with Crippen LogP contribution in [0, 0.1) is 0 Å². The lowest BCUT2D eigenvalue weighted by Gasteiger charge is -2.27. The Labute approximate surface area is 152 Å². The molecule has 1 N–H and O–H groups in total. The van der Waals surface area contributed by atoms with Crippen LogP contribution in [0.15, 0.2) is 46.3 Å². The molecule has 4 heterocycles. The van der Waals surface area contributed by atoms with E-state index in [-0.39, 0.29) is 5.56 Å². The third-order valence-electron chi connectivity index (χ3n) is 4.16. The number of halogens is 1. The van der Waals surface area contributed by atoms with E-state index >= 15 is 0 Å². The summed E-state index contributed by atoms with van der Waals surface area (Å²) in [6, 6.07) is 3.96. The highest BCUT2D eigenvalue weighted by atomic mass is 79.9. The minimum atomic E-state index is -0.0997. The molecule has 0 aromatic carbocycles. The Hall–Kier alpha value is -2.45. The lowest BCUT2D eigenvalue weighted by molar-refractivity contribution is 0.239. The molecule has 1 aliphatic heterocycles. The van der Waals surface area contributed by atoms with Crippen LogP contribution in [0.2, 0.25) is 0 Å². The largest absolute Gasteiger partial charge is 0.306 e. The van der Waals surface area contributed by atoms with Gasteiger partial charge in [0, 0.05) is 49.1 Å². The molecule has 0 saturated carbocycles. The number of fused-ring (bicyclic) bond motifs is 1. The van der Waals surface area contributed by atoms with Gasteiger partial charge < -0.3 is 4.98 Å². The number of rotatable bonds is 3. The zero-order valence-electron chi connectivity index (χ0n) is 13.3. The highest BCUT2D eigenvalue weighted by molar-refractivity contribution is 9.10. The maximum Gasteiger partial charge on any atom is 0.255 e. The van der Waals surface area contributed by atoms with Crippen molar-refractivity contribution in [2.75, 3.05) is 6.54 Å². The van der Waals surface area contributed by atoms with Gasteiger partial charge in [0.2, 0.25) is 0 Å². The molecular weight excluding hydrogens is 384 g/mol. The first kappa shape index (κ1) is 16.0. The van der Waals surface area contributed by atoms with Gasteiger partial charge in [-0.1, -0.05) is 0 Å². The highest BCUT2D eigenvalue weighted by Gasteiger charge is 2.22. The summed E-state index contributed by atoms with van der Waals surface area (Å²) in [5.41, 5.74) is 3.17. The number of aromatic nitrogens is 5.